The molecule has 0 aliphatic heterocycles. The zero-order valence-electron chi connectivity index (χ0n) is 11.3. The molecule has 0 radical (unpaired) electrons. The molecule has 0 aromatic rings. The Hall–Kier alpha value is -0.220. The molecule has 17 heavy (non-hydrogen) atoms. The topological polar surface area (TPSA) is 55.1 Å². The van der Waals surface area contributed by atoms with Crippen molar-refractivity contribution in [3.63, 3.8) is 0 Å². The lowest BCUT2D eigenvalue weighted by Crippen LogP contribution is -2.55. The first-order chi connectivity index (χ1) is 7.98. The van der Waals surface area contributed by atoms with E-state index in [0.29, 0.717) is 11.3 Å². The Morgan fingerprint density at radius 2 is 2.24 bits per heavy atom. The highest BCUT2D eigenvalue weighted by Crippen LogP contribution is 2.28. The molecule has 0 bridgehead atoms. The van der Waals surface area contributed by atoms with Crippen molar-refractivity contribution >= 4 is 17.7 Å². The smallest absolute Gasteiger partial charge is 0.237 e. The van der Waals surface area contributed by atoms with E-state index in [1.54, 1.807) is 0 Å². The van der Waals surface area contributed by atoms with Gasteiger partial charge in [-0.15, -0.1) is 0 Å². The van der Waals surface area contributed by atoms with Crippen molar-refractivity contribution in [1.82, 2.24) is 5.32 Å². The van der Waals surface area contributed by atoms with Gasteiger partial charge in [-0.2, -0.15) is 11.8 Å². The van der Waals surface area contributed by atoms with Gasteiger partial charge in [0.15, 0.2) is 0 Å². The molecule has 1 fully saturated rings. The van der Waals surface area contributed by atoms with Crippen LogP contribution in [-0.4, -0.2) is 28.5 Å². The van der Waals surface area contributed by atoms with Crippen molar-refractivity contribution in [1.29, 1.82) is 0 Å². The first-order valence-corrected chi connectivity index (χ1v) is 7.72. The lowest BCUT2D eigenvalue weighted by molar-refractivity contribution is -0.124. The molecule has 1 rings (SSSR count). The fraction of sp³-hybridized carbons (Fsp3) is 0.923. The first-order valence-electron chi connectivity index (χ1n) is 6.67. The predicted molar refractivity (Wildman–Crippen MR) is 75.2 cm³/mol. The maximum atomic E-state index is 11.6. The Labute approximate surface area is 109 Å². The Bertz CT molecular complexity index is 256. The number of carbonyl (C=O) groups excluding carboxylic acids is 1. The van der Waals surface area contributed by atoms with E-state index >= 15 is 0 Å². The summed E-state index contributed by atoms with van der Waals surface area (Å²) in [6.45, 7) is 6.34. The van der Waals surface area contributed by atoms with Crippen LogP contribution in [0, 0.1) is 0 Å². The van der Waals surface area contributed by atoms with Crippen LogP contribution in [0.4, 0.5) is 0 Å². The number of unbranched alkanes of at least 4 members (excludes halogenated alkanes) is 1. The number of nitrogens with two attached hydrogens (primary N) is 1. The standard InChI is InChI=1S/C13H26N2OS/c1-4-5-8-17-10(2)9-13(3,12(14)16)15-11-6-7-11/h10-11,15H,4-9H2,1-3H3,(H2,14,16). The number of carbonyl (C=O) groups is 1. The van der Waals surface area contributed by atoms with Crippen LogP contribution in [0.25, 0.3) is 0 Å². The van der Waals surface area contributed by atoms with Gasteiger partial charge in [-0.25, -0.2) is 0 Å². The van der Waals surface area contributed by atoms with Gasteiger partial charge < -0.3 is 11.1 Å². The average molecular weight is 258 g/mol. The summed E-state index contributed by atoms with van der Waals surface area (Å²) >= 11 is 1.94. The molecule has 100 valence electrons. The van der Waals surface area contributed by atoms with Gasteiger partial charge >= 0.3 is 0 Å². The molecule has 1 aliphatic rings. The highest BCUT2D eigenvalue weighted by molar-refractivity contribution is 7.99. The molecular weight excluding hydrogens is 232 g/mol. The van der Waals surface area contributed by atoms with Gasteiger partial charge in [0, 0.05) is 11.3 Å². The summed E-state index contributed by atoms with van der Waals surface area (Å²) in [6.07, 6.45) is 5.67. The molecule has 0 aromatic heterocycles. The van der Waals surface area contributed by atoms with Crippen LogP contribution in [0.3, 0.4) is 0 Å². The lowest BCUT2D eigenvalue weighted by atomic mass is 9.95. The van der Waals surface area contributed by atoms with Crippen molar-refractivity contribution in [2.45, 2.75) is 69.7 Å². The van der Waals surface area contributed by atoms with Crippen LogP contribution in [0.1, 0.15) is 52.9 Å². The minimum absolute atomic E-state index is 0.215. The third-order valence-electron chi connectivity index (χ3n) is 3.24. The van der Waals surface area contributed by atoms with E-state index in [0.717, 1.165) is 6.42 Å². The molecule has 4 heteroatoms. The number of rotatable bonds is 9. The van der Waals surface area contributed by atoms with E-state index in [2.05, 4.69) is 19.2 Å². The predicted octanol–water partition coefficient (Wildman–Crippen LogP) is 2.29. The number of hydrogen-bond donors (Lipinski definition) is 2. The summed E-state index contributed by atoms with van der Waals surface area (Å²) in [5.74, 6) is 0.961. The van der Waals surface area contributed by atoms with Crippen LogP contribution < -0.4 is 11.1 Å². The van der Waals surface area contributed by atoms with Gasteiger partial charge in [-0.05, 0) is 38.4 Å². The molecule has 2 unspecified atom stereocenters. The zero-order valence-corrected chi connectivity index (χ0v) is 12.1. The monoisotopic (exact) mass is 258 g/mol. The van der Waals surface area contributed by atoms with Crippen molar-refractivity contribution in [3.05, 3.63) is 0 Å². The van der Waals surface area contributed by atoms with Crippen molar-refractivity contribution in [2.75, 3.05) is 5.75 Å². The van der Waals surface area contributed by atoms with Crippen LogP contribution >= 0.6 is 11.8 Å². The molecule has 2 atom stereocenters. The Morgan fingerprint density at radius 1 is 1.59 bits per heavy atom. The molecule has 0 heterocycles. The second-order valence-corrected chi connectivity index (χ2v) is 6.90. The number of hydrogen-bond acceptors (Lipinski definition) is 3. The average Bonchev–Trinajstić information content (AvgIpc) is 3.01. The number of thioether (sulfide) groups is 1. The van der Waals surface area contributed by atoms with Crippen molar-refractivity contribution in [2.24, 2.45) is 5.73 Å². The van der Waals surface area contributed by atoms with Gasteiger partial charge in [-0.3, -0.25) is 4.79 Å². The fourth-order valence-corrected chi connectivity index (χ4v) is 3.28. The quantitative estimate of drug-likeness (QED) is 0.624. The molecule has 1 saturated carbocycles. The van der Waals surface area contributed by atoms with Gasteiger partial charge in [0.2, 0.25) is 5.91 Å². The summed E-state index contributed by atoms with van der Waals surface area (Å²) < 4.78 is 0. The molecule has 0 saturated heterocycles. The van der Waals surface area contributed by atoms with Crippen LogP contribution in [-0.2, 0) is 4.79 Å². The van der Waals surface area contributed by atoms with Crippen LogP contribution in [0.15, 0.2) is 0 Å². The van der Waals surface area contributed by atoms with Crippen LogP contribution in [0.2, 0.25) is 0 Å². The number of amides is 1. The second kappa shape index (κ2) is 6.64. The minimum Gasteiger partial charge on any atom is -0.368 e. The maximum Gasteiger partial charge on any atom is 0.237 e. The molecular formula is C13H26N2OS. The van der Waals surface area contributed by atoms with Gasteiger partial charge in [-0.1, -0.05) is 20.3 Å². The highest BCUT2D eigenvalue weighted by atomic mass is 32.2. The molecule has 3 nitrogen and oxygen atoms in total. The molecule has 3 N–H and O–H groups in total. The lowest BCUT2D eigenvalue weighted by Gasteiger charge is -2.30. The molecule has 1 amide bonds. The highest BCUT2D eigenvalue weighted by Gasteiger charge is 2.37. The van der Waals surface area contributed by atoms with Gasteiger partial charge in [0.1, 0.15) is 0 Å². The summed E-state index contributed by atoms with van der Waals surface area (Å²) in [6, 6.07) is 0.514. The van der Waals surface area contributed by atoms with Crippen LogP contribution in [0.5, 0.6) is 0 Å². The third kappa shape index (κ3) is 5.30. The van der Waals surface area contributed by atoms with E-state index in [9.17, 15) is 4.79 Å². The zero-order chi connectivity index (χ0) is 12.9. The number of primary amides is 1. The SMILES string of the molecule is CCCCSC(C)CC(C)(NC1CC1)C(N)=O. The normalized spacial score (nSPS) is 20.9. The van der Waals surface area contributed by atoms with Gasteiger partial charge in [0.25, 0.3) is 0 Å². The maximum absolute atomic E-state index is 11.6. The Kier molecular flexibility index (Phi) is 5.80. The first kappa shape index (κ1) is 14.8. The van der Waals surface area contributed by atoms with Crippen molar-refractivity contribution < 1.29 is 4.79 Å². The molecule has 0 aromatic carbocycles. The fourth-order valence-electron chi connectivity index (χ4n) is 1.97. The van der Waals surface area contributed by atoms with Crippen molar-refractivity contribution in [3.8, 4) is 0 Å². The molecule has 1 aliphatic carbocycles. The molecule has 0 spiro atoms. The minimum atomic E-state index is -0.528. The van der Waals surface area contributed by atoms with E-state index in [-0.39, 0.29) is 5.91 Å². The third-order valence-corrected chi connectivity index (χ3v) is 4.50. The largest absolute Gasteiger partial charge is 0.368 e. The Morgan fingerprint density at radius 3 is 2.71 bits per heavy atom. The van der Waals surface area contributed by atoms with Gasteiger partial charge in [0.05, 0.1) is 5.54 Å². The summed E-state index contributed by atoms with van der Waals surface area (Å²) in [5.41, 5.74) is 5.01. The van der Waals surface area contributed by atoms with E-state index in [4.69, 9.17) is 5.73 Å². The second-order valence-electron chi connectivity index (χ2n) is 5.35. The van der Waals surface area contributed by atoms with E-state index < -0.39 is 5.54 Å². The summed E-state index contributed by atoms with van der Waals surface area (Å²) in [7, 11) is 0. The summed E-state index contributed by atoms with van der Waals surface area (Å²) in [4.78, 5) is 11.6. The Balaban J connectivity index is 2.38. The number of nitrogens with one attached hydrogen (secondary N) is 1. The van der Waals surface area contributed by atoms with E-state index in [1.165, 1.54) is 31.4 Å². The summed E-state index contributed by atoms with van der Waals surface area (Å²) in [5, 5.41) is 3.88. The van der Waals surface area contributed by atoms with E-state index in [1.807, 2.05) is 18.7 Å².